The van der Waals surface area contributed by atoms with Gasteiger partial charge in [0.05, 0.1) is 17.4 Å². The fourth-order valence-corrected chi connectivity index (χ4v) is 2.66. The third-order valence-corrected chi connectivity index (χ3v) is 3.60. The highest BCUT2D eigenvalue weighted by molar-refractivity contribution is 5.66. The number of nitrogens with zero attached hydrogens (tertiary/aromatic N) is 3. The van der Waals surface area contributed by atoms with Crippen LogP contribution in [0, 0.1) is 0 Å². The molecule has 20 heavy (non-hydrogen) atoms. The molecule has 1 amide bonds. The van der Waals surface area contributed by atoms with Gasteiger partial charge in [-0.2, -0.15) is 5.10 Å². The van der Waals surface area contributed by atoms with Crippen molar-refractivity contribution >= 4 is 11.9 Å². The van der Waals surface area contributed by atoms with E-state index >= 15 is 0 Å². The molecule has 1 atom stereocenters. The van der Waals surface area contributed by atoms with Crippen molar-refractivity contribution in [1.82, 2.24) is 14.7 Å². The molecule has 1 unspecified atom stereocenters. The molecule has 2 aromatic rings. The zero-order chi connectivity index (χ0) is 14.1. The van der Waals surface area contributed by atoms with Gasteiger partial charge in [0.2, 0.25) is 0 Å². The van der Waals surface area contributed by atoms with Gasteiger partial charge in [-0.25, -0.2) is 9.48 Å². The van der Waals surface area contributed by atoms with Gasteiger partial charge in [0.1, 0.15) is 5.82 Å². The topological polar surface area (TPSA) is 84.4 Å². The van der Waals surface area contributed by atoms with Gasteiger partial charge in [-0.15, -0.1) is 0 Å². The van der Waals surface area contributed by atoms with Crippen molar-refractivity contribution in [1.29, 1.82) is 0 Å². The molecule has 0 spiro atoms. The van der Waals surface area contributed by atoms with Crippen molar-refractivity contribution in [2.24, 2.45) is 0 Å². The van der Waals surface area contributed by atoms with Crippen molar-refractivity contribution in [2.75, 3.05) is 12.3 Å². The van der Waals surface area contributed by atoms with E-state index in [1.165, 1.54) is 4.90 Å². The number of likely N-dealkylation sites (tertiary alicyclic amines) is 1. The Bertz CT molecular complexity index is 623. The molecule has 1 aromatic heterocycles. The van der Waals surface area contributed by atoms with Crippen LogP contribution in [0.1, 0.15) is 24.6 Å². The molecule has 3 rings (SSSR count). The minimum atomic E-state index is -0.902. The van der Waals surface area contributed by atoms with Crippen LogP contribution in [0.3, 0.4) is 0 Å². The van der Waals surface area contributed by atoms with Gasteiger partial charge >= 0.3 is 6.09 Å². The Morgan fingerprint density at radius 1 is 1.35 bits per heavy atom. The number of nitrogens with two attached hydrogens (primary N) is 1. The molecule has 0 saturated carbocycles. The number of carboxylic acid groups (broad SMARTS) is 1. The van der Waals surface area contributed by atoms with Crippen LogP contribution < -0.4 is 5.73 Å². The predicted octanol–water partition coefficient (Wildman–Crippen LogP) is 2.27. The molecule has 1 saturated heterocycles. The maximum absolute atomic E-state index is 11.2. The number of aromatic nitrogens is 2. The molecule has 0 bridgehead atoms. The van der Waals surface area contributed by atoms with Gasteiger partial charge in [-0.1, -0.05) is 18.2 Å². The van der Waals surface area contributed by atoms with Gasteiger partial charge in [0, 0.05) is 12.6 Å². The lowest BCUT2D eigenvalue weighted by molar-refractivity contribution is 0.139. The van der Waals surface area contributed by atoms with E-state index < -0.39 is 6.09 Å². The Labute approximate surface area is 116 Å². The Kier molecular flexibility index (Phi) is 3.06. The quantitative estimate of drug-likeness (QED) is 0.878. The van der Waals surface area contributed by atoms with E-state index in [1.807, 2.05) is 30.3 Å². The van der Waals surface area contributed by atoms with E-state index in [-0.39, 0.29) is 6.04 Å². The summed E-state index contributed by atoms with van der Waals surface area (Å²) in [5.41, 5.74) is 7.58. The summed E-state index contributed by atoms with van der Waals surface area (Å²) >= 11 is 0. The molecule has 2 heterocycles. The third kappa shape index (κ3) is 2.09. The van der Waals surface area contributed by atoms with E-state index in [9.17, 15) is 9.90 Å². The maximum Gasteiger partial charge on any atom is 0.407 e. The molecule has 1 aliphatic rings. The molecule has 1 aromatic carbocycles. The second-order valence-corrected chi connectivity index (χ2v) is 4.88. The summed E-state index contributed by atoms with van der Waals surface area (Å²) in [6.45, 7) is 0.554. The number of nitrogen functional groups attached to an aromatic ring is 1. The van der Waals surface area contributed by atoms with E-state index in [0.717, 1.165) is 18.5 Å². The zero-order valence-corrected chi connectivity index (χ0v) is 10.9. The number of carbonyl (C=O) groups is 1. The summed E-state index contributed by atoms with van der Waals surface area (Å²) in [5.74, 6) is 0.517. The second kappa shape index (κ2) is 4.88. The average molecular weight is 272 g/mol. The van der Waals surface area contributed by atoms with Gasteiger partial charge < -0.3 is 10.8 Å². The normalized spacial score (nSPS) is 18.4. The highest BCUT2D eigenvalue weighted by atomic mass is 16.4. The standard InChI is InChI=1S/C14H16N4O2/c15-13-9-11(12-7-4-8-17(12)14(19)20)16-18(13)10-5-2-1-3-6-10/h1-3,5-6,9,12H,4,7-8,15H2,(H,19,20). The summed E-state index contributed by atoms with van der Waals surface area (Å²) in [6.07, 6.45) is 0.743. The Balaban J connectivity index is 1.95. The van der Waals surface area contributed by atoms with Gasteiger partial charge in [-0.05, 0) is 25.0 Å². The molecular formula is C14H16N4O2. The van der Waals surface area contributed by atoms with Gasteiger partial charge in [0.25, 0.3) is 0 Å². The van der Waals surface area contributed by atoms with Crippen LogP contribution in [0.15, 0.2) is 36.4 Å². The molecule has 3 N–H and O–H groups in total. The number of hydrogen-bond donors (Lipinski definition) is 2. The predicted molar refractivity (Wildman–Crippen MR) is 74.7 cm³/mol. The number of anilines is 1. The molecule has 6 heteroatoms. The van der Waals surface area contributed by atoms with Crippen molar-refractivity contribution < 1.29 is 9.90 Å². The minimum Gasteiger partial charge on any atom is -0.465 e. The molecule has 1 aliphatic heterocycles. The fraction of sp³-hybridized carbons (Fsp3) is 0.286. The van der Waals surface area contributed by atoms with Crippen molar-refractivity contribution in [3.8, 4) is 5.69 Å². The van der Waals surface area contributed by atoms with E-state index in [1.54, 1.807) is 10.7 Å². The molecule has 104 valence electrons. The number of para-hydroxylation sites is 1. The van der Waals surface area contributed by atoms with Crippen LogP contribution in [-0.2, 0) is 0 Å². The zero-order valence-electron chi connectivity index (χ0n) is 10.9. The lowest BCUT2D eigenvalue weighted by Crippen LogP contribution is -2.29. The van der Waals surface area contributed by atoms with Crippen LogP contribution in [-0.4, -0.2) is 32.4 Å². The second-order valence-electron chi connectivity index (χ2n) is 4.88. The third-order valence-electron chi connectivity index (χ3n) is 3.60. The van der Waals surface area contributed by atoms with Crippen LogP contribution >= 0.6 is 0 Å². The van der Waals surface area contributed by atoms with E-state index in [4.69, 9.17) is 5.73 Å². The highest BCUT2D eigenvalue weighted by Crippen LogP contribution is 2.32. The Hall–Kier alpha value is -2.50. The summed E-state index contributed by atoms with van der Waals surface area (Å²) < 4.78 is 1.65. The van der Waals surface area contributed by atoms with Crippen molar-refractivity contribution in [3.63, 3.8) is 0 Å². The van der Waals surface area contributed by atoms with Crippen LogP contribution in [0.4, 0.5) is 10.6 Å². The Morgan fingerprint density at radius 3 is 2.80 bits per heavy atom. The van der Waals surface area contributed by atoms with Gasteiger partial charge in [-0.3, -0.25) is 4.90 Å². The molecule has 0 aliphatic carbocycles. The number of amides is 1. The fourth-order valence-electron chi connectivity index (χ4n) is 2.66. The Morgan fingerprint density at radius 2 is 2.10 bits per heavy atom. The lowest BCUT2D eigenvalue weighted by Gasteiger charge is -2.19. The first-order valence-corrected chi connectivity index (χ1v) is 6.57. The first kappa shape index (κ1) is 12.5. The molecule has 0 radical (unpaired) electrons. The van der Waals surface area contributed by atoms with Gasteiger partial charge in [0.15, 0.2) is 0 Å². The first-order chi connectivity index (χ1) is 9.66. The lowest BCUT2D eigenvalue weighted by atomic mass is 10.1. The summed E-state index contributed by atoms with van der Waals surface area (Å²) in [6, 6.07) is 11.1. The minimum absolute atomic E-state index is 0.195. The number of hydrogen-bond acceptors (Lipinski definition) is 3. The first-order valence-electron chi connectivity index (χ1n) is 6.57. The highest BCUT2D eigenvalue weighted by Gasteiger charge is 2.32. The largest absolute Gasteiger partial charge is 0.465 e. The van der Waals surface area contributed by atoms with Crippen molar-refractivity contribution in [2.45, 2.75) is 18.9 Å². The number of rotatable bonds is 2. The summed E-state index contributed by atoms with van der Waals surface area (Å²) in [4.78, 5) is 12.6. The average Bonchev–Trinajstić information content (AvgIpc) is 3.05. The number of benzene rings is 1. The maximum atomic E-state index is 11.2. The smallest absolute Gasteiger partial charge is 0.407 e. The monoisotopic (exact) mass is 272 g/mol. The molecular weight excluding hydrogens is 256 g/mol. The summed E-state index contributed by atoms with van der Waals surface area (Å²) in [7, 11) is 0. The van der Waals surface area contributed by atoms with E-state index in [0.29, 0.717) is 18.1 Å². The van der Waals surface area contributed by atoms with Crippen LogP contribution in [0.2, 0.25) is 0 Å². The molecule has 1 fully saturated rings. The van der Waals surface area contributed by atoms with Crippen molar-refractivity contribution in [3.05, 3.63) is 42.1 Å². The summed E-state index contributed by atoms with van der Waals surface area (Å²) in [5, 5.41) is 13.7. The van der Waals surface area contributed by atoms with Crippen LogP contribution in [0.25, 0.3) is 5.69 Å². The molecule has 6 nitrogen and oxygen atoms in total. The van der Waals surface area contributed by atoms with Crippen LogP contribution in [0.5, 0.6) is 0 Å². The van der Waals surface area contributed by atoms with E-state index in [2.05, 4.69) is 5.10 Å². The SMILES string of the molecule is Nc1cc(C2CCCN2C(=O)O)nn1-c1ccccc1.